The van der Waals surface area contributed by atoms with Crippen LogP contribution in [-0.4, -0.2) is 57.3 Å². The minimum atomic E-state index is -4.53. The fourth-order valence-electron chi connectivity index (χ4n) is 5.31. The lowest BCUT2D eigenvalue weighted by Gasteiger charge is -2.31. The van der Waals surface area contributed by atoms with Gasteiger partial charge in [0.1, 0.15) is 11.3 Å². The van der Waals surface area contributed by atoms with Crippen LogP contribution in [0.5, 0.6) is 5.75 Å². The molecule has 1 fully saturated rings. The van der Waals surface area contributed by atoms with Crippen LogP contribution in [0.4, 0.5) is 42.0 Å². The number of aliphatic hydroxyl groups is 1. The van der Waals surface area contributed by atoms with Gasteiger partial charge < -0.3 is 35.7 Å². The molecular formula is C32H31F3N8O3. The van der Waals surface area contributed by atoms with E-state index in [1.54, 1.807) is 31.4 Å². The van der Waals surface area contributed by atoms with Crippen LogP contribution in [0.3, 0.4) is 0 Å². The second-order valence-corrected chi connectivity index (χ2v) is 10.8. The minimum Gasteiger partial charge on any atom is -0.494 e. The van der Waals surface area contributed by atoms with E-state index in [0.29, 0.717) is 46.9 Å². The Hall–Kier alpha value is -5.37. The first-order valence-electron chi connectivity index (χ1n) is 14.6. The van der Waals surface area contributed by atoms with Crippen LogP contribution in [0.25, 0.3) is 11.2 Å². The lowest BCUT2D eigenvalue weighted by molar-refractivity contribution is -0.138. The van der Waals surface area contributed by atoms with Crippen LogP contribution in [0, 0.1) is 0 Å². The highest BCUT2D eigenvalue weighted by Crippen LogP contribution is 2.34. The summed E-state index contributed by atoms with van der Waals surface area (Å²) in [4.78, 5) is 31.6. The molecule has 1 amide bonds. The molecule has 238 valence electrons. The number of halogens is 3. The van der Waals surface area contributed by atoms with E-state index in [0.717, 1.165) is 24.8 Å². The number of amides is 1. The number of hydrogen-bond donors (Lipinski definition) is 5. The number of piperidine rings is 1. The summed E-state index contributed by atoms with van der Waals surface area (Å²) in [6, 6.07) is 17.4. The highest BCUT2D eigenvalue weighted by atomic mass is 19.4. The molecule has 1 aliphatic rings. The van der Waals surface area contributed by atoms with E-state index in [-0.39, 0.29) is 29.7 Å². The monoisotopic (exact) mass is 632 g/mol. The summed E-state index contributed by atoms with van der Waals surface area (Å²) < 4.78 is 45.8. The third-order valence-electron chi connectivity index (χ3n) is 7.70. The van der Waals surface area contributed by atoms with Crippen molar-refractivity contribution in [2.24, 2.45) is 0 Å². The summed E-state index contributed by atoms with van der Waals surface area (Å²) in [5.41, 5.74) is 2.46. The molecule has 0 aliphatic carbocycles. The summed E-state index contributed by atoms with van der Waals surface area (Å²) in [5, 5.41) is 18.8. The smallest absolute Gasteiger partial charge is 0.416 e. The highest BCUT2D eigenvalue weighted by molar-refractivity contribution is 5.95. The zero-order valence-electron chi connectivity index (χ0n) is 24.7. The molecule has 5 N–H and O–H groups in total. The van der Waals surface area contributed by atoms with E-state index in [2.05, 4.69) is 40.8 Å². The minimum absolute atomic E-state index is 0.0297. The molecule has 1 saturated heterocycles. The number of alkyl halides is 3. The van der Waals surface area contributed by atoms with Gasteiger partial charge in [0.05, 0.1) is 30.8 Å². The van der Waals surface area contributed by atoms with Crippen LogP contribution in [0.1, 0.15) is 34.3 Å². The maximum absolute atomic E-state index is 13.4. The van der Waals surface area contributed by atoms with Gasteiger partial charge in [-0.05, 0) is 54.8 Å². The predicted molar refractivity (Wildman–Crippen MR) is 168 cm³/mol. The van der Waals surface area contributed by atoms with Crippen LogP contribution in [0.15, 0.2) is 73.1 Å². The van der Waals surface area contributed by atoms with Crippen molar-refractivity contribution >= 4 is 45.9 Å². The first-order valence-corrected chi connectivity index (χ1v) is 14.6. The molecule has 6 rings (SSSR count). The van der Waals surface area contributed by atoms with E-state index < -0.39 is 17.6 Å². The van der Waals surface area contributed by atoms with E-state index in [1.165, 1.54) is 24.5 Å². The number of aromatic amines is 1. The Morgan fingerprint density at radius 3 is 2.63 bits per heavy atom. The Labute approximate surface area is 261 Å². The summed E-state index contributed by atoms with van der Waals surface area (Å²) in [5.74, 6) is 0.671. The summed E-state index contributed by atoms with van der Waals surface area (Å²) in [6.45, 7) is 1.22. The summed E-state index contributed by atoms with van der Waals surface area (Å²) in [6.07, 6.45) is -1.90. The van der Waals surface area contributed by atoms with Gasteiger partial charge in [0.2, 0.25) is 5.95 Å². The number of methoxy groups -OCH3 is 1. The number of nitrogens with zero attached hydrogens (tertiary/aromatic N) is 4. The molecule has 46 heavy (non-hydrogen) atoms. The van der Waals surface area contributed by atoms with Crippen LogP contribution in [0.2, 0.25) is 0 Å². The molecule has 3 aromatic carbocycles. The van der Waals surface area contributed by atoms with Gasteiger partial charge in [-0.1, -0.05) is 24.3 Å². The number of rotatable bonds is 9. The predicted octanol–water partition coefficient (Wildman–Crippen LogP) is 5.76. The van der Waals surface area contributed by atoms with Crippen molar-refractivity contribution in [1.29, 1.82) is 0 Å². The van der Waals surface area contributed by atoms with E-state index in [1.807, 2.05) is 18.2 Å². The number of nitrogens with one attached hydrogen (secondary N) is 4. The van der Waals surface area contributed by atoms with Gasteiger partial charge in [-0.2, -0.15) is 23.1 Å². The van der Waals surface area contributed by atoms with Crippen molar-refractivity contribution in [3.63, 3.8) is 0 Å². The summed E-state index contributed by atoms with van der Waals surface area (Å²) in [7, 11) is 1.58. The van der Waals surface area contributed by atoms with Crippen LogP contribution < -0.4 is 25.6 Å². The number of ether oxygens (including phenoxy) is 1. The molecule has 11 nitrogen and oxygen atoms in total. The number of hydrogen-bond acceptors (Lipinski definition) is 9. The molecule has 0 unspecified atom stereocenters. The zero-order chi connectivity index (χ0) is 32.3. The number of aliphatic hydroxyl groups excluding tert-OH is 1. The lowest BCUT2D eigenvalue weighted by atomic mass is 10.1. The third kappa shape index (κ3) is 6.81. The fourth-order valence-corrected chi connectivity index (χ4v) is 5.31. The number of H-pyrrole nitrogens is 1. The van der Waals surface area contributed by atoms with Crippen molar-refractivity contribution in [2.45, 2.75) is 31.7 Å². The average molecular weight is 633 g/mol. The van der Waals surface area contributed by atoms with Crippen LogP contribution in [-0.2, 0) is 12.7 Å². The second-order valence-electron chi connectivity index (χ2n) is 10.8. The molecule has 0 saturated carbocycles. The Bertz CT molecular complexity index is 1850. The van der Waals surface area contributed by atoms with Crippen molar-refractivity contribution in [3.05, 3.63) is 89.7 Å². The van der Waals surface area contributed by atoms with Crippen molar-refractivity contribution in [1.82, 2.24) is 25.3 Å². The number of carbonyl (C=O) groups is 1. The maximum atomic E-state index is 13.4. The molecule has 5 aromatic rings. The molecule has 1 aliphatic heterocycles. The number of imidazole rings is 1. The largest absolute Gasteiger partial charge is 0.494 e. The van der Waals surface area contributed by atoms with Crippen molar-refractivity contribution in [3.8, 4) is 5.75 Å². The Morgan fingerprint density at radius 1 is 1.04 bits per heavy atom. The van der Waals surface area contributed by atoms with E-state index in [4.69, 9.17) is 4.74 Å². The lowest BCUT2D eigenvalue weighted by Crippen LogP contribution is -2.35. The fraction of sp³-hybridized carbons (Fsp3) is 0.250. The normalized spacial score (nSPS) is 13.9. The average Bonchev–Trinajstić information content (AvgIpc) is 3.53. The molecule has 3 heterocycles. The quantitative estimate of drug-likeness (QED) is 0.137. The first kappa shape index (κ1) is 30.6. The van der Waals surface area contributed by atoms with Gasteiger partial charge in [-0.15, -0.1) is 0 Å². The summed E-state index contributed by atoms with van der Waals surface area (Å²) >= 11 is 0. The molecule has 0 spiro atoms. The third-order valence-corrected chi connectivity index (χ3v) is 7.70. The van der Waals surface area contributed by atoms with E-state index in [9.17, 15) is 23.1 Å². The number of carbonyl (C=O) groups excluding carboxylic acids is 1. The number of anilines is 5. The molecule has 0 radical (unpaired) electrons. The highest BCUT2D eigenvalue weighted by Gasteiger charge is 2.32. The van der Waals surface area contributed by atoms with Gasteiger partial charge in [-0.25, -0.2) is 4.98 Å². The second kappa shape index (κ2) is 12.9. The SMILES string of the molecule is COc1cc(N2CCC(O)CC2)ccc1Nc1nc(Nc2cccc(C(=O)NCc3ccccc3C(F)(F)F)c2)c2[nH]cnc2n1. The molecular weight excluding hydrogens is 601 g/mol. The first-order chi connectivity index (χ1) is 22.2. The molecule has 0 bridgehead atoms. The Kier molecular flexibility index (Phi) is 8.61. The van der Waals surface area contributed by atoms with Crippen molar-refractivity contribution in [2.75, 3.05) is 35.7 Å². The van der Waals surface area contributed by atoms with Gasteiger partial charge >= 0.3 is 6.18 Å². The number of aromatic nitrogens is 4. The molecule has 0 atom stereocenters. The van der Waals surface area contributed by atoms with Crippen molar-refractivity contribution < 1.29 is 27.8 Å². The van der Waals surface area contributed by atoms with Gasteiger partial charge in [0, 0.05) is 42.6 Å². The number of fused-ring (bicyclic) bond motifs is 1. The van der Waals surface area contributed by atoms with Crippen LogP contribution >= 0.6 is 0 Å². The number of benzene rings is 3. The van der Waals surface area contributed by atoms with Gasteiger partial charge in [0.25, 0.3) is 5.91 Å². The topological polar surface area (TPSA) is 140 Å². The van der Waals surface area contributed by atoms with E-state index >= 15 is 0 Å². The molecule has 2 aromatic heterocycles. The maximum Gasteiger partial charge on any atom is 0.416 e. The van der Waals surface area contributed by atoms with Gasteiger partial charge in [-0.3, -0.25) is 4.79 Å². The Morgan fingerprint density at radius 2 is 1.85 bits per heavy atom. The Balaban J connectivity index is 1.19. The standard InChI is InChI=1S/C32H31F3N8O3/c1-46-26-16-22(43-13-11-23(44)12-14-43)9-10-25(26)40-31-41-28-27(37-18-38-28)29(42-31)39-21-7-4-6-19(15-21)30(45)36-17-20-5-2-3-8-24(20)32(33,34)35/h2-10,15-16,18,23,44H,11-14,17H2,1H3,(H,36,45)(H3,37,38,39,40,41,42). The molecule has 14 heteroatoms. The van der Waals surface area contributed by atoms with Gasteiger partial charge in [0.15, 0.2) is 11.5 Å². The zero-order valence-corrected chi connectivity index (χ0v) is 24.7.